The van der Waals surface area contributed by atoms with E-state index in [-0.39, 0.29) is 17.5 Å². The molecule has 4 rings (SSSR count). The molecule has 1 amide bonds. The molecule has 0 spiro atoms. The van der Waals surface area contributed by atoms with E-state index in [1.165, 1.54) is 36.0 Å². The van der Waals surface area contributed by atoms with Crippen LogP contribution in [0.15, 0.2) is 84.0 Å². The number of carbonyl (C=O) groups is 1. The Labute approximate surface area is 188 Å². The number of anilines is 1. The van der Waals surface area contributed by atoms with Crippen molar-refractivity contribution in [2.75, 3.05) is 11.1 Å². The van der Waals surface area contributed by atoms with Crippen LogP contribution in [0.3, 0.4) is 0 Å². The zero-order chi connectivity index (χ0) is 21.6. The molecule has 0 atom stereocenters. The van der Waals surface area contributed by atoms with E-state index in [2.05, 4.69) is 15.5 Å². The number of halogens is 2. The Morgan fingerprint density at radius 3 is 2.42 bits per heavy atom. The molecule has 0 bridgehead atoms. The van der Waals surface area contributed by atoms with Gasteiger partial charge in [-0.1, -0.05) is 65.8 Å². The molecule has 4 aromatic rings. The zero-order valence-corrected chi connectivity index (χ0v) is 17.9. The van der Waals surface area contributed by atoms with Crippen LogP contribution >= 0.6 is 23.4 Å². The highest BCUT2D eigenvalue weighted by atomic mass is 35.5. The van der Waals surface area contributed by atoms with Gasteiger partial charge in [-0.15, -0.1) is 10.2 Å². The number of carbonyl (C=O) groups excluding carboxylic acids is 1. The number of benzene rings is 3. The Bertz CT molecular complexity index is 1180. The van der Waals surface area contributed by atoms with Crippen LogP contribution in [0.2, 0.25) is 5.02 Å². The van der Waals surface area contributed by atoms with Crippen molar-refractivity contribution in [1.82, 2.24) is 14.8 Å². The molecule has 1 N–H and O–H groups in total. The highest BCUT2D eigenvalue weighted by Crippen LogP contribution is 2.30. The largest absolute Gasteiger partial charge is 0.325 e. The second-order valence-corrected chi connectivity index (χ2v) is 8.05. The molecular weight excluding hydrogens is 435 g/mol. The van der Waals surface area contributed by atoms with Crippen LogP contribution in [0.1, 0.15) is 5.56 Å². The lowest BCUT2D eigenvalue weighted by molar-refractivity contribution is -0.113. The van der Waals surface area contributed by atoms with Crippen LogP contribution in [0.4, 0.5) is 10.1 Å². The topological polar surface area (TPSA) is 59.8 Å². The lowest BCUT2D eigenvalue weighted by Gasteiger charge is -2.11. The molecule has 8 heteroatoms. The molecule has 1 heterocycles. The third kappa shape index (κ3) is 5.31. The summed E-state index contributed by atoms with van der Waals surface area (Å²) in [5.41, 5.74) is 2.39. The monoisotopic (exact) mass is 452 g/mol. The minimum atomic E-state index is -0.353. The third-order valence-corrected chi connectivity index (χ3v) is 5.77. The van der Waals surface area contributed by atoms with Gasteiger partial charge < -0.3 is 5.32 Å². The van der Waals surface area contributed by atoms with Gasteiger partial charge in [-0.2, -0.15) is 0 Å². The number of rotatable bonds is 7. The maximum absolute atomic E-state index is 13.0. The fraction of sp³-hybridized carbons (Fsp3) is 0.0870. The molecule has 0 saturated heterocycles. The molecule has 1 aromatic heterocycles. The van der Waals surface area contributed by atoms with Gasteiger partial charge in [0.15, 0.2) is 11.0 Å². The number of nitrogens with zero attached hydrogens (tertiary/aromatic N) is 3. The Morgan fingerprint density at radius 2 is 1.68 bits per heavy atom. The van der Waals surface area contributed by atoms with Gasteiger partial charge in [-0.3, -0.25) is 9.36 Å². The molecule has 0 aliphatic heterocycles. The van der Waals surface area contributed by atoms with Crippen LogP contribution in [-0.4, -0.2) is 26.4 Å². The van der Waals surface area contributed by atoms with Crippen LogP contribution in [0.25, 0.3) is 11.4 Å². The van der Waals surface area contributed by atoms with E-state index in [0.29, 0.717) is 28.2 Å². The molecule has 5 nitrogen and oxygen atoms in total. The molecular formula is C23H18ClFN4OS. The van der Waals surface area contributed by atoms with Crippen molar-refractivity contribution in [3.8, 4) is 11.4 Å². The van der Waals surface area contributed by atoms with Gasteiger partial charge in [-0.05, 0) is 42.0 Å². The van der Waals surface area contributed by atoms with Gasteiger partial charge in [0.2, 0.25) is 5.91 Å². The summed E-state index contributed by atoms with van der Waals surface area (Å²) in [6.45, 7) is 0.538. The molecule has 0 aliphatic carbocycles. The SMILES string of the molecule is O=C(CSc1nnc(-c2ccccc2Cl)n1Cc1ccccc1)Nc1ccc(F)cc1. The fourth-order valence-electron chi connectivity index (χ4n) is 3.01. The van der Waals surface area contributed by atoms with Crippen LogP contribution in [0, 0.1) is 5.82 Å². The summed E-state index contributed by atoms with van der Waals surface area (Å²) >= 11 is 7.67. The predicted molar refractivity (Wildman–Crippen MR) is 122 cm³/mol. The molecule has 0 aliphatic rings. The van der Waals surface area contributed by atoms with Gasteiger partial charge >= 0.3 is 0 Å². The van der Waals surface area contributed by atoms with Crippen molar-refractivity contribution in [3.63, 3.8) is 0 Å². The van der Waals surface area contributed by atoms with E-state index >= 15 is 0 Å². The maximum Gasteiger partial charge on any atom is 0.234 e. The molecule has 0 saturated carbocycles. The van der Waals surface area contributed by atoms with E-state index in [4.69, 9.17) is 11.6 Å². The smallest absolute Gasteiger partial charge is 0.234 e. The van der Waals surface area contributed by atoms with Crippen molar-refractivity contribution in [2.45, 2.75) is 11.7 Å². The molecule has 0 unspecified atom stereocenters. The predicted octanol–water partition coefficient (Wildman–Crippen LogP) is 5.52. The normalized spacial score (nSPS) is 10.8. The summed E-state index contributed by atoms with van der Waals surface area (Å²) in [6.07, 6.45) is 0. The number of nitrogens with one attached hydrogen (secondary N) is 1. The standard InChI is InChI=1S/C23H18ClFN4OS/c24-20-9-5-4-8-19(20)22-27-28-23(29(22)14-16-6-2-1-3-7-16)31-15-21(30)26-18-12-10-17(25)11-13-18/h1-13H,14-15H2,(H,26,30). The number of thioether (sulfide) groups is 1. The molecule has 3 aromatic carbocycles. The first-order chi connectivity index (χ1) is 15.1. The van der Waals surface area contributed by atoms with Crippen LogP contribution in [-0.2, 0) is 11.3 Å². The summed E-state index contributed by atoms with van der Waals surface area (Å²) in [5.74, 6) is 0.196. The van der Waals surface area contributed by atoms with Crippen LogP contribution < -0.4 is 5.32 Å². The summed E-state index contributed by atoms with van der Waals surface area (Å²) < 4.78 is 15.0. The molecule has 31 heavy (non-hydrogen) atoms. The average Bonchev–Trinajstić information content (AvgIpc) is 3.17. The van der Waals surface area contributed by atoms with Gasteiger partial charge in [0, 0.05) is 11.3 Å². The number of hydrogen-bond donors (Lipinski definition) is 1. The van der Waals surface area contributed by atoms with Crippen molar-refractivity contribution in [2.24, 2.45) is 0 Å². The first-order valence-electron chi connectivity index (χ1n) is 9.50. The van der Waals surface area contributed by atoms with E-state index in [9.17, 15) is 9.18 Å². The first kappa shape index (κ1) is 21.1. The van der Waals surface area contributed by atoms with Crippen LogP contribution in [0.5, 0.6) is 0 Å². The average molecular weight is 453 g/mol. The van der Waals surface area contributed by atoms with E-state index in [0.717, 1.165) is 11.1 Å². The van der Waals surface area contributed by atoms with Crippen molar-refractivity contribution < 1.29 is 9.18 Å². The summed E-state index contributed by atoms with van der Waals surface area (Å²) in [7, 11) is 0. The molecule has 156 valence electrons. The van der Waals surface area contributed by atoms with E-state index in [1.807, 2.05) is 53.1 Å². The molecule has 0 radical (unpaired) electrons. The fourth-order valence-corrected chi connectivity index (χ4v) is 3.96. The second kappa shape index (κ2) is 9.76. The van der Waals surface area contributed by atoms with E-state index in [1.54, 1.807) is 6.07 Å². The van der Waals surface area contributed by atoms with Crippen molar-refractivity contribution in [1.29, 1.82) is 0 Å². The Hall–Kier alpha value is -3.16. The Morgan fingerprint density at radius 1 is 0.968 bits per heavy atom. The van der Waals surface area contributed by atoms with Crippen molar-refractivity contribution in [3.05, 3.63) is 95.3 Å². The highest BCUT2D eigenvalue weighted by molar-refractivity contribution is 7.99. The summed E-state index contributed by atoms with van der Waals surface area (Å²) in [5, 5.41) is 12.6. The zero-order valence-electron chi connectivity index (χ0n) is 16.3. The lowest BCUT2D eigenvalue weighted by Crippen LogP contribution is -2.14. The minimum absolute atomic E-state index is 0.132. The number of hydrogen-bond acceptors (Lipinski definition) is 4. The minimum Gasteiger partial charge on any atom is -0.325 e. The van der Waals surface area contributed by atoms with Gasteiger partial charge in [0.25, 0.3) is 0 Å². The molecule has 0 fully saturated rings. The Kier molecular flexibility index (Phi) is 6.64. The van der Waals surface area contributed by atoms with Crippen molar-refractivity contribution >= 4 is 35.0 Å². The lowest BCUT2D eigenvalue weighted by atomic mass is 10.2. The summed E-state index contributed by atoms with van der Waals surface area (Å²) in [4.78, 5) is 12.4. The maximum atomic E-state index is 13.0. The second-order valence-electron chi connectivity index (χ2n) is 6.70. The van der Waals surface area contributed by atoms with Gasteiger partial charge in [0.1, 0.15) is 5.82 Å². The first-order valence-corrected chi connectivity index (χ1v) is 10.9. The number of amides is 1. The van der Waals surface area contributed by atoms with Gasteiger partial charge in [-0.25, -0.2) is 4.39 Å². The quantitative estimate of drug-likeness (QED) is 0.375. The summed E-state index contributed by atoms with van der Waals surface area (Å²) in [6, 6.07) is 23.0. The third-order valence-electron chi connectivity index (χ3n) is 4.48. The number of aromatic nitrogens is 3. The van der Waals surface area contributed by atoms with Gasteiger partial charge in [0.05, 0.1) is 17.3 Å². The van der Waals surface area contributed by atoms with E-state index < -0.39 is 0 Å². The Balaban J connectivity index is 1.56. The highest BCUT2D eigenvalue weighted by Gasteiger charge is 2.18.